The number of carbonyl (C=O) groups is 1. The van der Waals surface area contributed by atoms with E-state index in [-0.39, 0.29) is 28.6 Å². The average molecular weight is 499 g/mol. The first kappa shape index (κ1) is 26.4. The fraction of sp³-hybridized carbons (Fsp3) is 0.115. The largest absolute Gasteiger partial charge is 0.507 e. The number of aromatic nitrogens is 2. The van der Waals surface area contributed by atoms with E-state index in [1.807, 2.05) is 55.5 Å². The number of hydrogen-bond donors (Lipinski definition) is 3. The van der Waals surface area contributed by atoms with Crippen LogP contribution < -0.4 is 4.74 Å². The Bertz CT molecular complexity index is 1290. The number of ether oxygens (including phenoxy) is 1. The van der Waals surface area contributed by atoms with Gasteiger partial charge in [-0.3, -0.25) is 4.79 Å². The third kappa shape index (κ3) is 6.57. The molecular weight excluding hydrogens is 475 g/mol. The monoisotopic (exact) mass is 499 g/mol. The van der Waals surface area contributed by atoms with Gasteiger partial charge in [0.1, 0.15) is 17.2 Å². The molecule has 0 bridgehead atoms. The molecule has 4 rings (SSSR count). The summed E-state index contributed by atoms with van der Waals surface area (Å²) in [4.78, 5) is 18.4. The first-order valence-electron chi connectivity index (χ1n) is 10.1. The van der Waals surface area contributed by atoms with Gasteiger partial charge in [0.2, 0.25) is 0 Å². The molecule has 4 aromatic rings. The summed E-state index contributed by atoms with van der Waals surface area (Å²) in [6, 6.07) is 21.6. The second kappa shape index (κ2) is 11.8. The van der Waals surface area contributed by atoms with Gasteiger partial charge in [0, 0.05) is 35.1 Å². The molecular formula is C26H24MnN2O5. The summed E-state index contributed by atoms with van der Waals surface area (Å²) in [6.45, 7) is 3.05. The smallest absolute Gasteiger partial charge is 0.300 e. The predicted octanol–water partition coefficient (Wildman–Crippen LogP) is 5.29. The van der Waals surface area contributed by atoms with Crippen LogP contribution in [0.15, 0.2) is 72.8 Å². The Balaban J connectivity index is 0.000000758. The van der Waals surface area contributed by atoms with Crippen molar-refractivity contribution < 1.29 is 41.9 Å². The first-order chi connectivity index (χ1) is 15.8. The number of carboxylic acid groups (broad SMARTS) is 1. The van der Waals surface area contributed by atoms with Gasteiger partial charge in [-0.1, -0.05) is 23.8 Å². The summed E-state index contributed by atoms with van der Waals surface area (Å²) >= 11 is 0. The van der Waals surface area contributed by atoms with Gasteiger partial charge in [-0.2, -0.15) is 0 Å². The van der Waals surface area contributed by atoms with E-state index in [0.29, 0.717) is 39.7 Å². The summed E-state index contributed by atoms with van der Waals surface area (Å²) in [7, 11) is 1.58. The molecule has 0 atom stereocenters. The van der Waals surface area contributed by atoms with Gasteiger partial charge in [0.15, 0.2) is 0 Å². The normalized spacial score (nSPS) is 9.85. The zero-order valence-electron chi connectivity index (χ0n) is 18.9. The number of aliphatic carboxylic acids is 1. The summed E-state index contributed by atoms with van der Waals surface area (Å²) in [5.41, 5.74) is 4.92. The molecule has 0 unspecified atom stereocenters. The van der Waals surface area contributed by atoms with Gasteiger partial charge >= 0.3 is 0 Å². The number of aryl methyl sites for hydroxylation is 1. The molecule has 0 fully saturated rings. The van der Waals surface area contributed by atoms with Crippen molar-refractivity contribution in [3.8, 4) is 51.2 Å². The van der Waals surface area contributed by atoms with Crippen molar-refractivity contribution in [3.05, 3.63) is 78.4 Å². The standard InChI is InChI=1S/C24H20N2O3.C2H4O2.Mn/c1-15-9-11-23(27)17(13-15)19-5-3-7-21(25-19)22-8-4-6-20(26-22)18-14-16(29-2)10-12-24(18)28;1-2(3)4;/h3-14,27-28H,1-2H3;1H3,(H,3,4);. The minimum atomic E-state index is -0.833. The van der Waals surface area contributed by atoms with Gasteiger partial charge in [-0.05, 0) is 61.5 Å². The van der Waals surface area contributed by atoms with E-state index in [1.54, 1.807) is 31.4 Å². The number of benzene rings is 2. The van der Waals surface area contributed by atoms with Crippen LogP contribution in [0.25, 0.3) is 33.9 Å². The van der Waals surface area contributed by atoms with Crippen molar-refractivity contribution in [2.45, 2.75) is 13.8 Å². The van der Waals surface area contributed by atoms with Crippen molar-refractivity contribution >= 4 is 5.97 Å². The number of carboxylic acids is 1. The number of phenols is 2. The summed E-state index contributed by atoms with van der Waals surface area (Å²) < 4.78 is 5.26. The van der Waals surface area contributed by atoms with Crippen molar-refractivity contribution in [1.29, 1.82) is 0 Å². The number of rotatable bonds is 4. The molecule has 2 aromatic heterocycles. The Hall–Kier alpha value is -3.87. The minimum Gasteiger partial charge on any atom is -0.507 e. The van der Waals surface area contributed by atoms with Crippen LogP contribution in [-0.4, -0.2) is 38.4 Å². The Morgan fingerprint density at radius 1 is 0.765 bits per heavy atom. The summed E-state index contributed by atoms with van der Waals surface area (Å²) in [6.07, 6.45) is 0. The topological polar surface area (TPSA) is 113 Å². The van der Waals surface area contributed by atoms with Crippen molar-refractivity contribution in [1.82, 2.24) is 9.97 Å². The molecule has 0 spiro atoms. The average Bonchev–Trinajstić information content (AvgIpc) is 2.81. The second-order valence-electron chi connectivity index (χ2n) is 7.24. The van der Waals surface area contributed by atoms with E-state index < -0.39 is 5.97 Å². The number of methoxy groups -OCH3 is 1. The summed E-state index contributed by atoms with van der Waals surface area (Å²) in [5.74, 6) is 0.116. The minimum absolute atomic E-state index is 0. The molecule has 0 saturated heterocycles. The SMILES string of the molecule is CC(=O)O.COc1ccc(O)c(-c2cccc(-c3cccc(-c4cc(C)ccc4O)n3)n2)c1.[Mn]. The van der Waals surface area contributed by atoms with Crippen LogP contribution in [0.1, 0.15) is 12.5 Å². The van der Waals surface area contributed by atoms with Crippen LogP contribution in [0.5, 0.6) is 17.2 Å². The number of nitrogens with zero attached hydrogens (tertiary/aromatic N) is 2. The van der Waals surface area contributed by atoms with Gasteiger partial charge in [-0.25, -0.2) is 9.97 Å². The molecule has 8 heteroatoms. The van der Waals surface area contributed by atoms with Gasteiger partial charge in [-0.15, -0.1) is 0 Å². The third-order valence-corrected chi connectivity index (χ3v) is 4.67. The third-order valence-electron chi connectivity index (χ3n) is 4.67. The number of pyridine rings is 2. The molecule has 0 aliphatic heterocycles. The van der Waals surface area contributed by atoms with Crippen molar-refractivity contribution in [2.24, 2.45) is 0 Å². The molecule has 2 aromatic carbocycles. The van der Waals surface area contributed by atoms with E-state index in [2.05, 4.69) is 4.98 Å². The molecule has 1 radical (unpaired) electrons. The quantitative estimate of drug-likeness (QED) is 0.327. The molecule has 0 aliphatic rings. The van der Waals surface area contributed by atoms with Crippen molar-refractivity contribution in [3.63, 3.8) is 0 Å². The molecule has 0 amide bonds. The predicted molar refractivity (Wildman–Crippen MR) is 126 cm³/mol. The maximum absolute atomic E-state index is 10.3. The number of aromatic hydroxyl groups is 2. The first-order valence-corrected chi connectivity index (χ1v) is 10.1. The molecule has 0 saturated carbocycles. The molecule has 0 aliphatic carbocycles. The Labute approximate surface area is 208 Å². The van der Waals surface area contributed by atoms with Gasteiger partial charge in [0.05, 0.1) is 29.9 Å². The van der Waals surface area contributed by atoms with Crippen LogP contribution in [0.4, 0.5) is 0 Å². The van der Waals surface area contributed by atoms with Crippen molar-refractivity contribution in [2.75, 3.05) is 7.11 Å². The van der Waals surface area contributed by atoms with Crippen LogP contribution >= 0.6 is 0 Å². The zero-order chi connectivity index (χ0) is 24.0. The zero-order valence-corrected chi connectivity index (χ0v) is 20.0. The number of hydrogen-bond acceptors (Lipinski definition) is 6. The molecule has 2 heterocycles. The van der Waals surface area contributed by atoms with E-state index in [9.17, 15) is 10.2 Å². The van der Waals surface area contributed by atoms with Gasteiger partial charge in [0.25, 0.3) is 5.97 Å². The van der Waals surface area contributed by atoms with E-state index >= 15 is 0 Å². The van der Waals surface area contributed by atoms with Crippen LogP contribution in [-0.2, 0) is 21.9 Å². The fourth-order valence-corrected chi connectivity index (χ4v) is 3.16. The molecule has 7 nitrogen and oxygen atoms in total. The number of phenolic OH excluding ortho intramolecular Hbond substituents is 2. The maximum Gasteiger partial charge on any atom is 0.300 e. The Kier molecular flexibility index (Phi) is 9.18. The van der Waals surface area contributed by atoms with Crippen LogP contribution in [0, 0.1) is 6.92 Å². The van der Waals surface area contributed by atoms with Gasteiger partial charge < -0.3 is 20.1 Å². The fourth-order valence-electron chi connectivity index (χ4n) is 3.16. The van der Waals surface area contributed by atoms with E-state index in [0.717, 1.165) is 12.5 Å². The van der Waals surface area contributed by atoms with E-state index in [4.69, 9.17) is 19.6 Å². The molecule has 3 N–H and O–H groups in total. The maximum atomic E-state index is 10.3. The molecule has 34 heavy (non-hydrogen) atoms. The van der Waals surface area contributed by atoms with Crippen LogP contribution in [0.2, 0.25) is 0 Å². The Morgan fingerprint density at radius 3 is 1.71 bits per heavy atom. The van der Waals surface area contributed by atoms with E-state index in [1.165, 1.54) is 0 Å². The summed E-state index contributed by atoms with van der Waals surface area (Å²) in [5, 5.41) is 27.9. The second-order valence-corrected chi connectivity index (χ2v) is 7.24. The van der Waals surface area contributed by atoms with Crippen LogP contribution in [0.3, 0.4) is 0 Å². The molecule has 175 valence electrons. The Morgan fingerprint density at radius 2 is 1.21 bits per heavy atom.